The number of hydrogen-bond donors (Lipinski definition) is 0. The van der Waals surface area contributed by atoms with E-state index in [4.69, 9.17) is 4.42 Å². The van der Waals surface area contributed by atoms with Gasteiger partial charge in [0.1, 0.15) is 11.8 Å². The van der Waals surface area contributed by atoms with Crippen LogP contribution in [0.3, 0.4) is 0 Å². The van der Waals surface area contributed by atoms with Crippen LogP contribution < -0.4 is 0 Å². The van der Waals surface area contributed by atoms with Gasteiger partial charge in [-0.2, -0.15) is 0 Å². The molecule has 3 nitrogen and oxygen atoms in total. The number of fused-ring (bicyclic) bond motifs is 1. The zero-order chi connectivity index (χ0) is 14.2. The average Bonchev–Trinajstić information content (AvgIpc) is 3.40. The fraction of sp³-hybridized carbons (Fsp3) is 0.500. The number of hydrogen-bond acceptors (Lipinski definition) is 3. The van der Waals surface area contributed by atoms with Crippen LogP contribution in [0.1, 0.15) is 36.0 Å². The number of carbonyl (C=O) groups is 1. The quantitative estimate of drug-likeness (QED) is 0.726. The number of Topliss-reactive ketones (excluding diaryl/α,β-unsaturated/α-hetero) is 1. The monoisotopic (exact) mass is 283 g/mol. The molecule has 1 aromatic carbocycles. The number of ketones is 1. The van der Waals surface area contributed by atoms with E-state index in [2.05, 4.69) is 4.90 Å². The van der Waals surface area contributed by atoms with Crippen LogP contribution in [-0.2, 0) is 0 Å². The Hall–Kier alpha value is -1.61. The smallest absolute Gasteiger partial charge is 0.180 e. The molecule has 2 fully saturated rings. The van der Waals surface area contributed by atoms with Crippen molar-refractivity contribution in [2.75, 3.05) is 19.6 Å². The normalized spacial score (nSPS) is 18.5. The van der Waals surface area contributed by atoms with Crippen LogP contribution in [0.4, 0.5) is 0 Å². The predicted octanol–water partition coefficient (Wildman–Crippen LogP) is 3.74. The van der Waals surface area contributed by atoms with Crippen molar-refractivity contribution in [3.63, 3.8) is 0 Å². The van der Waals surface area contributed by atoms with Crippen LogP contribution in [0.25, 0.3) is 11.0 Å². The van der Waals surface area contributed by atoms with Gasteiger partial charge in [-0.1, -0.05) is 18.2 Å². The molecule has 1 heterocycles. The van der Waals surface area contributed by atoms with Gasteiger partial charge >= 0.3 is 0 Å². The number of nitrogens with zero attached hydrogens (tertiary/aromatic N) is 1. The van der Waals surface area contributed by atoms with Crippen molar-refractivity contribution in [1.82, 2.24) is 4.90 Å². The molecule has 0 saturated heterocycles. The van der Waals surface area contributed by atoms with Gasteiger partial charge in [0.2, 0.25) is 0 Å². The van der Waals surface area contributed by atoms with E-state index in [1.807, 2.05) is 24.3 Å². The van der Waals surface area contributed by atoms with Gasteiger partial charge in [0, 0.05) is 18.5 Å². The van der Waals surface area contributed by atoms with Crippen molar-refractivity contribution in [3.05, 3.63) is 36.1 Å². The van der Waals surface area contributed by atoms with Gasteiger partial charge in [-0.05, 0) is 43.6 Å². The van der Waals surface area contributed by atoms with Crippen LogP contribution in [0.2, 0.25) is 0 Å². The summed E-state index contributed by atoms with van der Waals surface area (Å²) >= 11 is 0. The third kappa shape index (κ3) is 3.03. The van der Waals surface area contributed by atoms with Crippen LogP contribution in [0.15, 0.2) is 34.9 Å². The molecule has 0 amide bonds. The van der Waals surface area contributed by atoms with E-state index in [0.717, 1.165) is 41.5 Å². The topological polar surface area (TPSA) is 33.5 Å². The molecule has 0 spiro atoms. The van der Waals surface area contributed by atoms with Crippen LogP contribution in [0, 0.1) is 11.8 Å². The third-order valence-corrected chi connectivity index (χ3v) is 4.58. The summed E-state index contributed by atoms with van der Waals surface area (Å²) in [4.78, 5) is 15.0. The van der Waals surface area contributed by atoms with Gasteiger partial charge < -0.3 is 4.42 Å². The first-order valence-corrected chi connectivity index (χ1v) is 8.01. The molecular formula is C18H21NO2. The highest BCUT2D eigenvalue weighted by atomic mass is 16.3. The summed E-state index contributed by atoms with van der Waals surface area (Å²) in [7, 11) is 0. The summed E-state index contributed by atoms with van der Waals surface area (Å²) in [5.74, 6) is 1.86. The standard InChI is InChI=1S/C18H21NO2/c20-17(16-12-21-18-4-2-1-3-15(16)18)11-19(9-13-5-6-13)10-14-7-8-14/h1-4,12-14H,5-11H2. The lowest BCUT2D eigenvalue weighted by Gasteiger charge is -2.21. The molecule has 0 aliphatic heterocycles. The van der Waals surface area contributed by atoms with Crippen molar-refractivity contribution in [2.24, 2.45) is 11.8 Å². The van der Waals surface area contributed by atoms with E-state index in [9.17, 15) is 4.79 Å². The summed E-state index contributed by atoms with van der Waals surface area (Å²) in [6, 6.07) is 7.78. The first kappa shape index (κ1) is 13.1. The van der Waals surface area contributed by atoms with Crippen molar-refractivity contribution in [3.8, 4) is 0 Å². The summed E-state index contributed by atoms with van der Waals surface area (Å²) in [6.07, 6.45) is 6.97. The Bertz CT molecular complexity index is 638. The van der Waals surface area contributed by atoms with Gasteiger partial charge in [-0.25, -0.2) is 0 Å². The lowest BCUT2D eigenvalue weighted by Crippen LogP contribution is -2.33. The second-order valence-corrected chi connectivity index (χ2v) is 6.65. The molecule has 3 heteroatoms. The Labute approximate surface area is 124 Å². The van der Waals surface area contributed by atoms with Crippen LogP contribution in [0.5, 0.6) is 0 Å². The molecule has 0 radical (unpaired) electrons. The van der Waals surface area contributed by atoms with E-state index >= 15 is 0 Å². The minimum atomic E-state index is 0.196. The molecule has 110 valence electrons. The minimum absolute atomic E-state index is 0.196. The Morgan fingerprint density at radius 1 is 1.10 bits per heavy atom. The Morgan fingerprint density at radius 2 is 1.76 bits per heavy atom. The predicted molar refractivity (Wildman–Crippen MR) is 82.4 cm³/mol. The van der Waals surface area contributed by atoms with E-state index in [0.29, 0.717) is 6.54 Å². The molecule has 1 aromatic heterocycles. The zero-order valence-electron chi connectivity index (χ0n) is 12.3. The maximum absolute atomic E-state index is 12.6. The maximum Gasteiger partial charge on any atom is 0.180 e. The van der Waals surface area contributed by atoms with Crippen molar-refractivity contribution >= 4 is 16.8 Å². The van der Waals surface area contributed by atoms with Gasteiger partial charge in [0.25, 0.3) is 0 Å². The fourth-order valence-electron chi connectivity index (χ4n) is 3.02. The first-order chi connectivity index (χ1) is 10.3. The van der Waals surface area contributed by atoms with Crippen molar-refractivity contribution < 1.29 is 9.21 Å². The van der Waals surface area contributed by atoms with Crippen LogP contribution >= 0.6 is 0 Å². The largest absolute Gasteiger partial charge is 0.464 e. The first-order valence-electron chi connectivity index (χ1n) is 8.01. The second kappa shape index (κ2) is 5.30. The van der Waals surface area contributed by atoms with E-state index in [1.165, 1.54) is 25.7 Å². The molecule has 0 unspecified atom stereocenters. The Kier molecular flexibility index (Phi) is 3.30. The SMILES string of the molecule is O=C(CN(CC1CC1)CC1CC1)c1coc2ccccc12. The van der Waals surface area contributed by atoms with Gasteiger partial charge in [0.15, 0.2) is 5.78 Å². The molecule has 2 saturated carbocycles. The Balaban J connectivity index is 1.49. The van der Waals surface area contributed by atoms with E-state index < -0.39 is 0 Å². The highest BCUT2D eigenvalue weighted by Gasteiger charge is 2.30. The molecule has 0 atom stereocenters. The van der Waals surface area contributed by atoms with Gasteiger partial charge in [-0.15, -0.1) is 0 Å². The molecular weight excluding hydrogens is 262 g/mol. The van der Waals surface area contributed by atoms with Crippen LogP contribution in [-0.4, -0.2) is 30.3 Å². The second-order valence-electron chi connectivity index (χ2n) is 6.65. The summed E-state index contributed by atoms with van der Waals surface area (Å²) in [5, 5.41) is 0.945. The summed E-state index contributed by atoms with van der Waals surface area (Å²) in [6.45, 7) is 2.73. The van der Waals surface area contributed by atoms with E-state index in [1.54, 1.807) is 6.26 Å². The van der Waals surface area contributed by atoms with Gasteiger partial charge in [0.05, 0.1) is 12.1 Å². The Morgan fingerprint density at radius 3 is 2.43 bits per heavy atom. The highest BCUT2D eigenvalue weighted by molar-refractivity contribution is 6.08. The highest BCUT2D eigenvalue weighted by Crippen LogP contribution is 2.34. The number of furan rings is 1. The molecule has 0 N–H and O–H groups in total. The average molecular weight is 283 g/mol. The molecule has 0 bridgehead atoms. The molecule has 2 aliphatic carbocycles. The lowest BCUT2D eigenvalue weighted by atomic mass is 10.1. The molecule has 21 heavy (non-hydrogen) atoms. The summed E-state index contributed by atoms with van der Waals surface area (Å²) < 4.78 is 5.50. The van der Waals surface area contributed by atoms with Crippen molar-refractivity contribution in [1.29, 1.82) is 0 Å². The number of carbonyl (C=O) groups excluding carboxylic acids is 1. The van der Waals surface area contributed by atoms with E-state index in [-0.39, 0.29) is 5.78 Å². The lowest BCUT2D eigenvalue weighted by molar-refractivity contribution is 0.0924. The summed E-state index contributed by atoms with van der Waals surface area (Å²) in [5.41, 5.74) is 1.54. The zero-order valence-corrected chi connectivity index (χ0v) is 12.3. The number of para-hydroxylation sites is 1. The molecule has 2 aliphatic rings. The van der Waals surface area contributed by atoms with Crippen molar-refractivity contribution in [2.45, 2.75) is 25.7 Å². The molecule has 2 aromatic rings. The minimum Gasteiger partial charge on any atom is -0.464 e. The fourth-order valence-corrected chi connectivity index (χ4v) is 3.02. The van der Waals surface area contributed by atoms with Gasteiger partial charge in [-0.3, -0.25) is 9.69 Å². The number of rotatable bonds is 7. The maximum atomic E-state index is 12.6. The number of benzene rings is 1. The third-order valence-electron chi connectivity index (χ3n) is 4.58. The molecule has 4 rings (SSSR count).